The maximum absolute atomic E-state index is 13.2. The first-order valence-electron chi connectivity index (χ1n) is 11.5. The highest BCUT2D eigenvalue weighted by atomic mass is 16.5. The normalized spacial score (nSPS) is 22.0. The summed E-state index contributed by atoms with van der Waals surface area (Å²) in [6.07, 6.45) is 1.09. The van der Waals surface area contributed by atoms with Gasteiger partial charge in [0.15, 0.2) is 0 Å². The van der Waals surface area contributed by atoms with Gasteiger partial charge < -0.3 is 15.0 Å². The van der Waals surface area contributed by atoms with Gasteiger partial charge in [-0.05, 0) is 62.1 Å². The van der Waals surface area contributed by atoms with Crippen LogP contribution in [0.2, 0.25) is 0 Å². The van der Waals surface area contributed by atoms with Crippen molar-refractivity contribution in [3.05, 3.63) is 59.7 Å². The van der Waals surface area contributed by atoms with Crippen molar-refractivity contribution in [3.63, 3.8) is 0 Å². The van der Waals surface area contributed by atoms with Crippen molar-refractivity contribution in [1.82, 2.24) is 4.90 Å². The summed E-state index contributed by atoms with van der Waals surface area (Å²) in [5.74, 6) is 0.140. The van der Waals surface area contributed by atoms with E-state index in [0.717, 1.165) is 25.2 Å². The van der Waals surface area contributed by atoms with E-state index < -0.39 is 0 Å². The predicted molar refractivity (Wildman–Crippen MR) is 127 cm³/mol. The number of hydrogen-bond acceptors (Lipinski definition) is 4. The monoisotopic (exact) mass is 435 g/mol. The number of nitrogens with zero attached hydrogens (tertiary/aromatic N) is 2. The fraction of sp³-hybridized carbons (Fsp3) is 0.462. The Hall–Kier alpha value is -2.70. The molecule has 4 rings (SSSR count). The van der Waals surface area contributed by atoms with Crippen molar-refractivity contribution in [2.75, 3.05) is 29.9 Å². The summed E-state index contributed by atoms with van der Waals surface area (Å²) in [6.45, 7) is 10.4. The molecule has 2 aliphatic rings. The maximum Gasteiger partial charge on any atom is 0.258 e. The molecule has 2 aromatic carbocycles. The van der Waals surface area contributed by atoms with Gasteiger partial charge in [-0.15, -0.1) is 0 Å². The lowest BCUT2D eigenvalue weighted by Gasteiger charge is -2.41. The Bertz CT molecular complexity index is 963. The van der Waals surface area contributed by atoms with Gasteiger partial charge in [0.2, 0.25) is 5.91 Å². The second kappa shape index (κ2) is 9.43. The van der Waals surface area contributed by atoms with Gasteiger partial charge >= 0.3 is 0 Å². The van der Waals surface area contributed by atoms with Gasteiger partial charge in [-0.3, -0.25) is 14.5 Å². The number of carbonyl (C=O) groups is 2. The average Bonchev–Trinajstić information content (AvgIpc) is 3.17. The highest BCUT2D eigenvalue weighted by molar-refractivity contribution is 6.07. The van der Waals surface area contributed by atoms with E-state index in [9.17, 15) is 9.59 Å². The van der Waals surface area contributed by atoms with Gasteiger partial charge in [0.1, 0.15) is 0 Å². The Balaban J connectivity index is 1.44. The van der Waals surface area contributed by atoms with Crippen LogP contribution in [0.4, 0.5) is 11.4 Å². The average molecular weight is 436 g/mol. The summed E-state index contributed by atoms with van der Waals surface area (Å²) in [4.78, 5) is 30.2. The molecule has 0 aromatic heterocycles. The van der Waals surface area contributed by atoms with E-state index in [-0.39, 0.29) is 36.0 Å². The lowest BCUT2D eigenvalue weighted by molar-refractivity contribution is -0.130. The number of benzene rings is 2. The predicted octanol–water partition coefficient (Wildman–Crippen LogP) is 3.96. The maximum atomic E-state index is 13.2. The van der Waals surface area contributed by atoms with E-state index in [1.54, 1.807) is 12.1 Å². The number of amides is 2. The molecule has 1 N–H and O–H groups in total. The molecule has 1 saturated heterocycles. The van der Waals surface area contributed by atoms with Crippen molar-refractivity contribution in [2.24, 2.45) is 5.92 Å². The van der Waals surface area contributed by atoms with Crippen molar-refractivity contribution in [2.45, 2.75) is 52.4 Å². The Morgan fingerprint density at radius 2 is 1.66 bits per heavy atom. The first-order valence-corrected chi connectivity index (χ1v) is 11.5. The topological polar surface area (TPSA) is 61.9 Å². The van der Waals surface area contributed by atoms with Gasteiger partial charge in [0.25, 0.3) is 5.91 Å². The first kappa shape index (κ1) is 22.5. The zero-order chi connectivity index (χ0) is 22.8. The summed E-state index contributed by atoms with van der Waals surface area (Å²) in [5, 5.41) is 3.06. The van der Waals surface area contributed by atoms with Crippen LogP contribution in [0.15, 0.2) is 48.5 Å². The Morgan fingerprint density at radius 1 is 1.00 bits per heavy atom. The van der Waals surface area contributed by atoms with Crippen molar-refractivity contribution in [1.29, 1.82) is 0 Å². The molecule has 0 saturated carbocycles. The molecule has 6 heteroatoms. The number of hydrogen-bond donors (Lipinski definition) is 1. The van der Waals surface area contributed by atoms with Crippen LogP contribution in [0.25, 0.3) is 0 Å². The van der Waals surface area contributed by atoms with Gasteiger partial charge in [-0.2, -0.15) is 0 Å². The molecule has 2 aliphatic heterocycles. The Morgan fingerprint density at radius 3 is 2.31 bits per heavy atom. The van der Waals surface area contributed by atoms with E-state index in [4.69, 9.17) is 4.74 Å². The third-order valence-electron chi connectivity index (χ3n) is 6.27. The van der Waals surface area contributed by atoms with Crippen LogP contribution in [0, 0.1) is 5.92 Å². The van der Waals surface area contributed by atoms with E-state index in [1.807, 2.05) is 49.1 Å². The number of ether oxygens (including phenoxy) is 1. The lowest BCUT2D eigenvalue weighted by Crippen LogP contribution is -2.55. The van der Waals surface area contributed by atoms with Crippen molar-refractivity contribution in [3.8, 4) is 0 Å². The molecule has 0 spiro atoms. The van der Waals surface area contributed by atoms with Crippen LogP contribution >= 0.6 is 0 Å². The summed E-state index contributed by atoms with van der Waals surface area (Å²) < 4.78 is 5.83. The van der Waals surface area contributed by atoms with E-state index in [0.29, 0.717) is 17.8 Å². The zero-order valence-corrected chi connectivity index (χ0v) is 19.4. The minimum Gasteiger partial charge on any atom is -0.373 e. The van der Waals surface area contributed by atoms with Crippen LogP contribution in [-0.4, -0.2) is 54.6 Å². The molecule has 1 fully saturated rings. The SMILES string of the molecule is CC1CN(C(C(=O)Nc2ccc(C(=O)N3CCc4ccccc43)cc2)C(C)C)CC(C)O1. The molecule has 2 amide bonds. The molecule has 6 nitrogen and oxygen atoms in total. The largest absolute Gasteiger partial charge is 0.373 e. The Kier molecular flexibility index (Phi) is 6.63. The summed E-state index contributed by atoms with van der Waals surface area (Å²) >= 11 is 0. The third-order valence-corrected chi connectivity index (χ3v) is 6.27. The van der Waals surface area contributed by atoms with E-state index in [2.05, 4.69) is 30.1 Å². The van der Waals surface area contributed by atoms with Crippen LogP contribution in [0.3, 0.4) is 0 Å². The second-order valence-corrected chi connectivity index (χ2v) is 9.30. The van der Waals surface area contributed by atoms with Gasteiger partial charge in [-0.25, -0.2) is 0 Å². The Labute approximate surface area is 190 Å². The molecule has 2 heterocycles. The molecular formula is C26H33N3O3. The van der Waals surface area contributed by atoms with Crippen LogP contribution in [-0.2, 0) is 16.0 Å². The highest BCUT2D eigenvalue weighted by Crippen LogP contribution is 2.29. The molecule has 0 radical (unpaired) electrons. The molecule has 3 unspecified atom stereocenters. The van der Waals surface area contributed by atoms with Crippen LogP contribution < -0.4 is 10.2 Å². The number of para-hydroxylation sites is 1. The lowest BCUT2D eigenvalue weighted by atomic mass is 9.99. The fourth-order valence-electron chi connectivity index (χ4n) is 4.95. The first-order chi connectivity index (χ1) is 15.3. The van der Waals surface area contributed by atoms with Crippen molar-refractivity contribution >= 4 is 23.2 Å². The summed E-state index contributed by atoms with van der Waals surface area (Å²) in [6, 6.07) is 15.0. The van der Waals surface area contributed by atoms with E-state index >= 15 is 0 Å². The number of fused-ring (bicyclic) bond motifs is 1. The van der Waals surface area contributed by atoms with E-state index in [1.165, 1.54) is 5.56 Å². The fourth-order valence-corrected chi connectivity index (χ4v) is 4.95. The molecular weight excluding hydrogens is 402 g/mol. The highest BCUT2D eigenvalue weighted by Gasteiger charge is 2.34. The number of anilines is 2. The molecule has 170 valence electrons. The van der Waals surface area contributed by atoms with Gasteiger partial charge in [-0.1, -0.05) is 32.0 Å². The quantitative estimate of drug-likeness (QED) is 0.772. The van der Waals surface area contributed by atoms with Crippen LogP contribution in [0.1, 0.15) is 43.6 Å². The number of rotatable bonds is 5. The van der Waals surface area contributed by atoms with Gasteiger partial charge in [0, 0.05) is 36.6 Å². The third kappa shape index (κ3) is 4.71. The number of morpholine rings is 1. The number of nitrogens with one attached hydrogen (secondary N) is 1. The number of carbonyl (C=O) groups excluding carboxylic acids is 2. The van der Waals surface area contributed by atoms with Gasteiger partial charge in [0.05, 0.1) is 18.2 Å². The molecule has 32 heavy (non-hydrogen) atoms. The smallest absolute Gasteiger partial charge is 0.258 e. The molecule has 2 aromatic rings. The molecule has 0 aliphatic carbocycles. The zero-order valence-electron chi connectivity index (χ0n) is 19.4. The molecule has 0 bridgehead atoms. The molecule has 3 atom stereocenters. The minimum atomic E-state index is -0.230. The minimum absolute atomic E-state index is 0.0100. The summed E-state index contributed by atoms with van der Waals surface area (Å²) in [7, 11) is 0. The van der Waals surface area contributed by atoms with Crippen molar-refractivity contribution < 1.29 is 14.3 Å². The van der Waals surface area contributed by atoms with Crippen LogP contribution in [0.5, 0.6) is 0 Å². The summed E-state index contributed by atoms with van der Waals surface area (Å²) in [5.41, 5.74) is 3.52. The standard InChI is InChI=1S/C26H33N3O3/c1-17(2)24(28-15-18(3)32-19(4)16-28)25(30)27-22-11-9-21(10-12-22)26(31)29-14-13-20-7-5-6-8-23(20)29/h5-12,17-19,24H,13-16H2,1-4H3,(H,27,30). The second-order valence-electron chi connectivity index (χ2n) is 9.30.